The van der Waals surface area contributed by atoms with Gasteiger partial charge in [0.15, 0.2) is 0 Å². The van der Waals surface area contributed by atoms with Crippen LogP contribution < -0.4 is 5.48 Å². The van der Waals surface area contributed by atoms with Gasteiger partial charge in [0.05, 0.1) is 6.61 Å². The summed E-state index contributed by atoms with van der Waals surface area (Å²) < 4.78 is 0. The van der Waals surface area contributed by atoms with E-state index in [1.165, 1.54) is 0 Å². The van der Waals surface area contributed by atoms with Crippen LogP contribution >= 0.6 is 0 Å². The maximum Gasteiger partial charge on any atom is 0.140 e. The molecule has 1 heterocycles. The molecule has 0 aliphatic rings. The molecule has 4 nitrogen and oxygen atoms in total. The first-order valence-electron chi connectivity index (χ1n) is 4.92. The molecule has 0 saturated heterocycles. The van der Waals surface area contributed by atoms with E-state index in [1.807, 2.05) is 12.1 Å². The minimum Gasteiger partial charge on any atom is -0.301 e. The number of rotatable bonds is 5. The number of hydrogen-bond donors (Lipinski definition) is 1. The minimum absolute atomic E-state index is 0.429. The second-order valence-electron chi connectivity index (χ2n) is 3.69. The summed E-state index contributed by atoms with van der Waals surface area (Å²) in [7, 11) is 0. The Hall–Kier alpha value is -1.44. The molecular formula is C11H15N3O. The average Bonchev–Trinajstić information content (AvgIpc) is 2.24. The van der Waals surface area contributed by atoms with Crippen LogP contribution in [0.5, 0.6) is 0 Å². The van der Waals surface area contributed by atoms with Crippen molar-refractivity contribution in [2.24, 2.45) is 5.92 Å². The molecule has 0 radical (unpaired) electrons. The monoisotopic (exact) mass is 205 g/mol. The van der Waals surface area contributed by atoms with Gasteiger partial charge in [0.25, 0.3) is 0 Å². The van der Waals surface area contributed by atoms with Crippen molar-refractivity contribution >= 4 is 0 Å². The maximum absolute atomic E-state index is 8.64. The van der Waals surface area contributed by atoms with E-state index < -0.39 is 0 Å². The van der Waals surface area contributed by atoms with Crippen molar-refractivity contribution in [1.82, 2.24) is 10.5 Å². The number of nitrogens with one attached hydrogen (secondary N) is 1. The van der Waals surface area contributed by atoms with Crippen molar-refractivity contribution in [2.75, 3.05) is 6.61 Å². The number of hydrogen-bond acceptors (Lipinski definition) is 4. The number of aromatic nitrogens is 1. The summed E-state index contributed by atoms with van der Waals surface area (Å²) >= 11 is 0. The molecule has 15 heavy (non-hydrogen) atoms. The largest absolute Gasteiger partial charge is 0.301 e. The van der Waals surface area contributed by atoms with Crippen LogP contribution in [0.4, 0.5) is 0 Å². The van der Waals surface area contributed by atoms with Crippen LogP contribution in [0.25, 0.3) is 0 Å². The summed E-state index contributed by atoms with van der Waals surface area (Å²) in [5, 5.41) is 8.64. The Labute approximate surface area is 89.9 Å². The van der Waals surface area contributed by atoms with Gasteiger partial charge in [-0.2, -0.15) is 10.7 Å². The first-order chi connectivity index (χ1) is 7.22. The predicted octanol–water partition coefficient (Wildman–Crippen LogP) is 1.63. The Balaban J connectivity index is 2.35. The fourth-order valence-corrected chi connectivity index (χ4v) is 1.01. The lowest BCUT2D eigenvalue weighted by atomic mass is 10.2. The van der Waals surface area contributed by atoms with Crippen molar-refractivity contribution in [2.45, 2.75) is 20.4 Å². The molecular weight excluding hydrogens is 190 g/mol. The number of pyridine rings is 1. The zero-order chi connectivity index (χ0) is 11.1. The lowest BCUT2D eigenvalue weighted by Gasteiger charge is -2.07. The fraction of sp³-hybridized carbons (Fsp3) is 0.455. The van der Waals surface area contributed by atoms with Crippen LogP contribution in [0, 0.1) is 17.2 Å². The molecule has 0 aliphatic heterocycles. The average molecular weight is 205 g/mol. The van der Waals surface area contributed by atoms with Crippen molar-refractivity contribution in [3.63, 3.8) is 0 Å². The van der Waals surface area contributed by atoms with Crippen molar-refractivity contribution in [3.8, 4) is 6.07 Å². The van der Waals surface area contributed by atoms with Gasteiger partial charge in [0.2, 0.25) is 0 Å². The summed E-state index contributed by atoms with van der Waals surface area (Å²) in [6.45, 7) is 5.43. The first-order valence-corrected chi connectivity index (χ1v) is 4.92. The van der Waals surface area contributed by atoms with Gasteiger partial charge in [0, 0.05) is 12.7 Å². The van der Waals surface area contributed by atoms with Gasteiger partial charge in [-0.3, -0.25) is 0 Å². The highest BCUT2D eigenvalue weighted by Crippen LogP contribution is 2.00. The van der Waals surface area contributed by atoms with Crippen LogP contribution in [0.2, 0.25) is 0 Å². The Bertz CT molecular complexity index is 344. The molecule has 0 fully saturated rings. The molecule has 0 amide bonds. The van der Waals surface area contributed by atoms with E-state index in [9.17, 15) is 0 Å². The normalized spacial score (nSPS) is 10.3. The lowest BCUT2D eigenvalue weighted by molar-refractivity contribution is 0.0196. The third-order valence-corrected chi connectivity index (χ3v) is 1.73. The Kier molecular flexibility index (Phi) is 4.75. The second-order valence-corrected chi connectivity index (χ2v) is 3.69. The molecule has 1 N–H and O–H groups in total. The van der Waals surface area contributed by atoms with Crippen molar-refractivity contribution < 1.29 is 4.84 Å². The Morgan fingerprint density at radius 1 is 1.60 bits per heavy atom. The zero-order valence-electron chi connectivity index (χ0n) is 9.03. The lowest BCUT2D eigenvalue weighted by Crippen LogP contribution is -2.17. The third-order valence-electron chi connectivity index (χ3n) is 1.73. The molecule has 1 aromatic heterocycles. The molecule has 1 aromatic rings. The first kappa shape index (κ1) is 11.6. The summed E-state index contributed by atoms with van der Waals surface area (Å²) in [4.78, 5) is 9.10. The summed E-state index contributed by atoms with van der Waals surface area (Å²) in [6, 6.07) is 5.59. The van der Waals surface area contributed by atoms with E-state index in [4.69, 9.17) is 10.1 Å². The van der Waals surface area contributed by atoms with Crippen LogP contribution in [0.1, 0.15) is 25.1 Å². The van der Waals surface area contributed by atoms with Crippen molar-refractivity contribution in [3.05, 3.63) is 29.6 Å². The molecule has 1 rings (SSSR count). The van der Waals surface area contributed by atoms with Gasteiger partial charge in [-0.25, -0.2) is 4.98 Å². The summed E-state index contributed by atoms with van der Waals surface area (Å²) in [5.74, 6) is 0.504. The van der Waals surface area contributed by atoms with Gasteiger partial charge in [-0.1, -0.05) is 13.8 Å². The van der Waals surface area contributed by atoms with E-state index in [0.29, 0.717) is 24.8 Å². The van der Waals surface area contributed by atoms with Gasteiger partial charge in [-0.05, 0) is 23.6 Å². The molecule has 0 saturated carbocycles. The zero-order valence-corrected chi connectivity index (χ0v) is 9.03. The molecule has 0 aromatic carbocycles. The molecule has 0 bridgehead atoms. The van der Waals surface area contributed by atoms with Crippen molar-refractivity contribution in [1.29, 1.82) is 5.26 Å². The van der Waals surface area contributed by atoms with Crippen LogP contribution in [-0.4, -0.2) is 11.6 Å². The second kappa shape index (κ2) is 6.12. The topological polar surface area (TPSA) is 57.9 Å². The highest BCUT2D eigenvalue weighted by atomic mass is 16.6. The third kappa shape index (κ3) is 4.54. The van der Waals surface area contributed by atoms with E-state index in [2.05, 4.69) is 24.3 Å². The minimum atomic E-state index is 0.429. The standard InChI is InChI=1S/C11H15N3O/c1-9(2)8-15-14-7-10-3-4-13-11(5-10)6-12/h3-5,9,14H,7-8H2,1-2H3. The molecule has 80 valence electrons. The van der Waals surface area contributed by atoms with Gasteiger partial charge in [-0.15, -0.1) is 0 Å². The summed E-state index contributed by atoms with van der Waals surface area (Å²) in [6.07, 6.45) is 1.62. The Morgan fingerprint density at radius 3 is 3.07 bits per heavy atom. The highest BCUT2D eigenvalue weighted by molar-refractivity contribution is 5.25. The molecule has 4 heteroatoms. The van der Waals surface area contributed by atoms with E-state index in [0.717, 1.165) is 5.56 Å². The quantitative estimate of drug-likeness (QED) is 0.586. The Morgan fingerprint density at radius 2 is 2.40 bits per heavy atom. The van der Waals surface area contributed by atoms with Crippen LogP contribution in [0.3, 0.4) is 0 Å². The number of hydroxylamine groups is 1. The predicted molar refractivity (Wildman–Crippen MR) is 56.6 cm³/mol. The van der Waals surface area contributed by atoms with E-state index in [1.54, 1.807) is 12.3 Å². The summed E-state index contributed by atoms with van der Waals surface area (Å²) in [5.41, 5.74) is 4.27. The molecule has 0 unspecified atom stereocenters. The van der Waals surface area contributed by atoms with Crippen LogP contribution in [-0.2, 0) is 11.4 Å². The van der Waals surface area contributed by atoms with Gasteiger partial charge in [0.1, 0.15) is 11.8 Å². The van der Waals surface area contributed by atoms with Gasteiger partial charge >= 0.3 is 0 Å². The SMILES string of the molecule is CC(C)CONCc1ccnc(C#N)c1. The van der Waals surface area contributed by atoms with Crippen LogP contribution in [0.15, 0.2) is 18.3 Å². The molecule has 0 aliphatic carbocycles. The number of nitriles is 1. The highest BCUT2D eigenvalue weighted by Gasteiger charge is 1.97. The van der Waals surface area contributed by atoms with E-state index >= 15 is 0 Å². The maximum atomic E-state index is 8.64. The molecule has 0 spiro atoms. The molecule has 0 atom stereocenters. The van der Waals surface area contributed by atoms with Gasteiger partial charge < -0.3 is 4.84 Å². The smallest absolute Gasteiger partial charge is 0.140 e. The number of nitrogens with zero attached hydrogens (tertiary/aromatic N) is 2. The fourth-order valence-electron chi connectivity index (χ4n) is 1.01. The van der Waals surface area contributed by atoms with E-state index in [-0.39, 0.29) is 0 Å².